The van der Waals surface area contributed by atoms with Crippen LogP contribution in [-0.2, 0) is 27.3 Å². The molecule has 0 aliphatic rings. The van der Waals surface area contributed by atoms with Crippen molar-refractivity contribution in [3.05, 3.63) is 60.2 Å². The van der Waals surface area contributed by atoms with E-state index in [2.05, 4.69) is 25.9 Å². The minimum absolute atomic E-state index is 0.0568. The zero-order chi connectivity index (χ0) is 30.3. The number of pyridine rings is 2. The van der Waals surface area contributed by atoms with E-state index in [4.69, 9.17) is 0 Å². The van der Waals surface area contributed by atoms with Gasteiger partial charge in [-0.25, -0.2) is 0 Å². The highest BCUT2D eigenvalue weighted by molar-refractivity contribution is 5.82. The highest BCUT2D eigenvalue weighted by Crippen LogP contribution is 2.14. The predicted octanol–water partition coefficient (Wildman–Crippen LogP) is 5.09. The quantitative estimate of drug-likeness (QED) is 0.472. The Morgan fingerprint density at radius 2 is 1.13 bits per heavy atom. The second kappa shape index (κ2) is 16.6. The number of carbonyl (C=O) groups excluding carboxylic acids is 3. The lowest BCUT2D eigenvalue weighted by Gasteiger charge is -2.19. The Hall–Kier alpha value is -3.29. The first-order chi connectivity index (χ1) is 17.8. The molecular weight excluding hydrogens is 490 g/mol. The number of hydrogen-bond acceptors (Lipinski definition) is 5. The van der Waals surface area contributed by atoms with Crippen LogP contribution in [0.3, 0.4) is 0 Å². The van der Waals surface area contributed by atoms with Gasteiger partial charge in [0.15, 0.2) is 0 Å². The molecule has 2 aromatic rings. The Bertz CT molecular complexity index is 987. The number of nitrogens with zero attached hydrogens (tertiary/aromatic N) is 2. The van der Waals surface area contributed by atoms with Crippen LogP contribution in [0.4, 0.5) is 0 Å². The lowest BCUT2D eigenvalue weighted by atomic mass is 9.95. The molecule has 8 nitrogen and oxygen atoms in total. The number of hydrogen-bond donors (Lipinski definition) is 3. The average Bonchev–Trinajstić information content (AvgIpc) is 2.82. The standard InChI is InChI=1S/C12H18N2O.C11H16N2O.C8H17NO/c1-12(2,3)11(15)14-8-6-10-5-4-7-13-9-10;1-11(2,3)10(14)13-8-9-5-4-6-12-7-9;1-6(2)9-7(10)8(3,4)5/h4-5,7,9H,6,8H2,1-3H3,(H,14,15);4-7H,8H2,1-3H3,(H,13,14);6H,1-5H3,(H,9,10). The monoisotopic (exact) mass is 541 g/mol. The molecule has 0 unspecified atom stereocenters. The summed E-state index contributed by atoms with van der Waals surface area (Å²) in [7, 11) is 0. The second-order valence-electron chi connectivity index (χ2n) is 12.8. The number of nitrogens with one attached hydrogen (secondary N) is 3. The molecule has 2 rings (SSSR count). The Labute approximate surface area is 236 Å². The largest absolute Gasteiger partial charge is 0.355 e. The van der Waals surface area contributed by atoms with Crippen molar-refractivity contribution in [2.24, 2.45) is 16.2 Å². The van der Waals surface area contributed by atoms with Crippen molar-refractivity contribution in [1.82, 2.24) is 25.9 Å². The summed E-state index contributed by atoms with van der Waals surface area (Å²) in [6, 6.07) is 7.96. The van der Waals surface area contributed by atoms with Crippen molar-refractivity contribution in [2.75, 3.05) is 6.54 Å². The Morgan fingerprint density at radius 1 is 0.692 bits per heavy atom. The topological polar surface area (TPSA) is 113 Å². The molecule has 0 aliphatic carbocycles. The maximum absolute atomic E-state index is 11.5. The van der Waals surface area contributed by atoms with Gasteiger partial charge >= 0.3 is 0 Å². The van der Waals surface area contributed by atoms with Crippen LogP contribution in [0.15, 0.2) is 49.1 Å². The van der Waals surface area contributed by atoms with Gasteiger partial charge in [-0.2, -0.15) is 0 Å². The summed E-state index contributed by atoms with van der Waals surface area (Å²) in [6.45, 7) is 22.3. The molecule has 0 fully saturated rings. The normalized spacial score (nSPS) is 11.3. The van der Waals surface area contributed by atoms with Crippen LogP contribution in [0.25, 0.3) is 0 Å². The van der Waals surface area contributed by atoms with Gasteiger partial charge in [0.1, 0.15) is 0 Å². The van der Waals surface area contributed by atoms with Crippen LogP contribution in [0.2, 0.25) is 0 Å². The lowest BCUT2D eigenvalue weighted by molar-refractivity contribution is -0.129. The summed E-state index contributed by atoms with van der Waals surface area (Å²) in [6.07, 6.45) is 7.87. The van der Waals surface area contributed by atoms with Gasteiger partial charge in [-0.1, -0.05) is 74.4 Å². The van der Waals surface area contributed by atoms with Gasteiger partial charge in [-0.05, 0) is 43.5 Å². The van der Waals surface area contributed by atoms with E-state index in [0.717, 1.165) is 17.5 Å². The minimum atomic E-state index is -0.331. The van der Waals surface area contributed by atoms with Crippen LogP contribution < -0.4 is 16.0 Å². The van der Waals surface area contributed by atoms with Crippen LogP contribution >= 0.6 is 0 Å². The molecule has 0 aromatic carbocycles. The summed E-state index contributed by atoms with van der Waals surface area (Å²) in [5, 5.41) is 8.61. The van der Waals surface area contributed by atoms with E-state index in [1.165, 1.54) is 0 Å². The van der Waals surface area contributed by atoms with Gasteiger partial charge in [0.05, 0.1) is 0 Å². The van der Waals surface area contributed by atoms with Crippen LogP contribution in [0.1, 0.15) is 87.3 Å². The van der Waals surface area contributed by atoms with Crippen molar-refractivity contribution in [1.29, 1.82) is 0 Å². The zero-order valence-electron chi connectivity index (χ0n) is 25.9. The fraction of sp³-hybridized carbons (Fsp3) is 0.581. The lowest BCUT2D eigenvalue weighted by Crippen LogP contribution is -2.38. The van der Waals surface area contributed by atoms with Gasteiger partial charge in [-0.15, -0.1) is 0 Å². The van der Waals surface area contributed by atoms with Gasteiger partial charge < -0.3 is 16.0 Å². The molecule has 0 saturated heterocycles. The van der Waals surface area contributed by atoms with Crippen LogP contribution in [-0.4, -0.2) is 40.3 Å². The molecule has 218 valence electrons. The third-order valence-electron chi connectivity index (χ3n) is 5.06. The first kappa shape index (κ1) is 35.7. The molecule has 2 aromatic heterocycles. The molecule has 0 aliphatic heterocycles. The Balaban J connectivity index is 0.000000568. The summed E-state index contributed by atoms with van der Waals surface area (Å²) >= 11 is 0. The summed E-state index contributed by atoms with van der Waals surface area (Å²) < 4.78 is 0. The number of amides is 3. The highest BCUT2D eigenvalue weighted by atomic mass is 16.2. The zero-order valence-corrected chi connectivity index (χ0v) is 25.9. The van der Waals surface area contributed by atoms with Crippen LogP contribution in [0, 0.1) is 16.2 Å². The number of rotatable bonds is 6. The minimum Gasteiger partial charge on any atom is -0.355 e. The van der Waals surface area contributed by atoms with E-state index in [-0.39, 0.29) is 40.0 Å². The molecule has 0 spiro atoms. The van der Waals surface area contributed by atoms with Crippen molar-refractivity contribution >= 4 is 17.7 Å². The maximum Gasteiger partial charge on any atom is 0.225 e. The van der Waals surface area contributed by atoms with Crippen molar-refractivity contribution in [3.8, 4) is 0 Å². The molecule has 0 atom stereocenters. The van der Waals surface area contributed by atoms with Gasteiger partial charge in [-0.3, -0.25) is 24.4 Å². The molecule has 8 heteroatoms. The molecule has 0 saturated carbocycles. The predicted molar refractivity (Wildman–Crippen MR) is 159 cm³/mol. The first-order valence-electron chi connectivity index (χ1n) is 13.5. The van der Waals surface area contributed by atoms with Gasteiger partial charge in [0.25, 0.3) is 0 Å². The van der Waals surface area contributed by atoms with Gasteiger partial charge in [0.2, 0.25) is 17.7 Å². The van der Waals surface area contributed by atoms with E-state index in [9.17, 15) is 14.4 Å². The van der Waals surface area contributed by atoms with Gasteiger partial charge in [0, 0.05) is 60.2 Å². The third-order valence-corrected chi connectivity index (χ3v) is 5.06. The van der Waals surface area contributed by atoms with E-state index in [1.54, 1.807) is 18.6 Å². The molecule has 0 radical (unpaired) electrons. The van der Waals surface area contributed by atoms with E-state index in [0.29, 0.717) is 13.1 Å². The van der Waals surface area contributed by atoms with Crippen molar-refractivity contribution in [2.45, 2.75) is 95.2 Å². The fourth-order valence-electron chi connectivity index (χ4n) is 2.56. The van der Waals surface area contributed by atoms with Crippen molar-refractivity contribution in [3.63, 3.8) is 0 Å². The van der Waals surface area contributed by atoms with E-state index < -0.39 is 0 Å². The average molecular weight is 542 g/mol. The van der Waals surface area contributed by atoms with E-state index in [1.807, 2.05) is 107 Å². The van der Waals surface area contributed by atoms with E-state index >= 15 is 0 Å². The summed E-state index contributed by atoms with van der Waals surface area (Å²) in [5.74, 6) is 0.259. The maximum atomic E-state index is 11.5. The smallest absolute Gasteiger partial charge is 0.225 e. The molecular formula is C31H51N5O3. The SMILES string of the molecule is CC(C)(C)C(=O)NCCc1cccnc1.CC(C)(C)C(=O)NCc1cccnc1.CC(C)NC(=O)C(C)(C)C. The van der Waals surface area contributed by atoms with Crippen molar-refractivity contribution < 1.29 is 14.4 Å². The highest BCUT2D eigenvalue weighted by Gasteiger charge is 2.22. The first-order valence-corrected chi connectivity index (χ1v) is 13.5. The molecule has 0 bridgehead atoms. The second-order valence-corrected chi connectivity index (χ2v) is 12.8. The molecule has 3 amide bonds. The number of carbonyl (C=O) groups is 3. The third kappa shape index (κ3) is 17.8. The molecule has 39 heavy (non-hydrogen) atoms. The number of aromatic nitrogens is 2. The Morgan fingerprint density at radius 3 is 1.49 bits per heavy atom. The Kier molecular flexibility index (Phi) is 15.2. The summed E-state index contributed by atoms with van der Waals surface area (Å²) in [5.41, 5.74) is 1.26. The van der Waals surface area contributed by atoms with Crippen LogP contribution in [0.5, 0.6) is 0 Å². The molecule has 3 N–H and O–H groups in total. The fourth-order valence-corrected chi connectivity index (χ4v) is 2.56. The summed E-state index contributed by atoms with van der Waals surface area (Å²) in [4.78, 5) is 42.2. The molecule has 2 heterocycles.